The van der Waals surface area contributed by atoms with Crippen LogP contribution < -0.4 is 5.73 Å². The summed E-state index contributed by atoms with van der Waals surface area (Å²) >= 11 is 0. The number of imidazole rings is 1. The molecule has 1 aromatic carbocycles. The van der Waals surface area contributed by atoms with Crippen molar-refractivity contribution in [2.45, 2.75) is 32.6 Å². The third-order valence-corrected chi connectivity index (χ3v) is 3.35. The molecule has 0 saturated heterocycles. The van der Waals surface area contributed by atoms with Crippen molar-refractivity contribution in [1.82, 2.24) is 9.55 Å². The summed E-state index contributed by atoms with van der Waals surface area (Å²) in [5.74, 6) is 1.63. The van der Waals surface area contributed by atoms with Crippen LogP contribution in [0.5, 0.6) is 0 Å². The van der Waals surface area contributed by atoms with Crippen molar-refractivity contribution in [2.24, 2.45) is 12.8 Å². The fraction of sp³-hybridized carbons (Fsp3) is 0.500. The Morgan fingerprint density at radius 2 is 2.18 bits per heavy atom. The lowest BCUT2D eigenvalue weighted by Gasteiger charge is -2.10. The first kappa shape index (κ1) is 12.1. The number of aromatic nitrogens is 2. The Hall–Kier alpha value is -1.35. The summed E-state index contributed by atoms with van der Waals surface area (Å²) in [5, 5.41) is 0. The summed E-state index contributed by atoms with van der Waals surface area (Å²) in [5.41, 5.74) is 9.13. The molecule has 0 radical (unpaired) electrons. The SMILES string of the molecule is Cc1ccc2c(c1)nc(C(C)CCCN)n2C. The number of benzene rings is 1. The first-order chi connectivity index (χ1) is 8.13. The van der Waals surface area contributed by atoms with Gasteiger partial charge in [-0.15, -0.1) is 0 Å². The quantitative estimate of drug-likeness (QED) is 0.879. The molecule has 3 heteroatoms. The van der Waals surface area contributed by atoms with Crippen LogP contribution in [0, 0.1) is 6.92 Å². The smallest absolute Gasteiger partial charge is 0.112 e. The molecule has 0 spiro atoms. The zero-order valence-electron chi connectivity index (χ0n) is 10.9. The van der Waals surface area contributed by atoms with Crippen LogP contribution in [0.4, 0.5) is 0 Å². The molecule has 2 N–H and O–H groups in total. The number of hydrogen-bond acceptors (Lipinski definition) is 2. The van der Waals surface area contributed by atoms with Crippen LogP contribution in [0.25, 0.3) is 11.0 Å². The Morgan fingerprint density at radius 3 is 2.88 bits per heavy atom. The molecule has 0 bridgehead atoms. The molecule has 1 atom stereocenters. The summed E-state index contributed by atoms with van der Waals surface area (Å²) in [4.78, 5) is 4.75. The monoisotopic (exact) mass is 231 g/mol. The van der Waals surface area contributed by atoms with Crippen molar-refractivity contribution >= 4 is 11.0 Å². The Bertz CT molecular complexity index is 513. The molecule has 2 aromatic rings. The van der Waals surface area contributed by atoms with E-state index in [0.717, 1.165) is 24.9 Å². The van der Waals surface area contributed by atoms with Gasteiger partial charge in [0.15, 0.2) is 0 Å². The van der Waals surface area contributed by atoms with Crippen molar-refractivity contribution in [3.63, 3.8) is 0 Å². The van der Waals surface area contributed by atoms with E-state index in [4.69, 9.17) is 10.7 Å². The maximum absolute atomic E-state index is 5.56. The van der Waals surface area contributed by atoms with E-state index in [0.29, 0.717) is 5.92 Å². The molecule has 1 heterocycles. The predicted octanol–water partition coefficient (Wildman–Crippen LogP) is 2.72. The second-order valence-electron chi connectivity index (χ2n) is 4.85. The highest BCUT2D eigenvalue weighted by atomic mass is 15.1. The van der Waals surface area contributed by atoms with Crippen LogP contribution in [-0.4, -0.2) is 16.1 Å². The minimum atomic E-state index is 0.469. The third-order valence-electron chi connectivity index (χ3n) is 3.35. The second kappa shape index (κ2) is 4.88. The van der Waals surface area contributed by atoms with E-state index in [1.54, 1.807) is 0 Å². The van der Waals surface area contributed by atoms with Crippen molar-refractivity contribution < 1.29 is 0 Å². The van der Waals surface area contributed by atoms with E-state index in [-0.39, 0.29) is 0 Å². The lowest BCUT2D eigenvalue weighted by molar-refractivity contribution is 0.592. The topological polar surface area (TPSA) is 43.8 Å². The Morgan fingerprint density at radius 1 is 1.41 bits per heavy atom. The van der Waals surface area contributed by atoms with Crippen LogP contribution in [0.3, 0.4) is 0 Å². The maximum Gasteiger partial charge on any atom is 0.112 e. The maximum atomic E-state index is 5.56. The molecule has 0 saturated carbocycles. The molecule has 0 aliphatic rings. The van der Waals surface area contributed by atoms with Gasteiger partial charge < -0.3 is 10.3 Å². The summed E-state index contributed by atoms with van der Waals surface area (Å²) in [6.45, 7) is 5.09. The highest BCUT2D eigenvalue weighted by Gasteiger charge is 2.13. The van der Waals surface area contributed by atoms with Gasteiger partial charge in [0, 0.05) is 13.0 Å². The van der Waals surface area contributed by atoms with Gasteiger partial charge in [0.1, 0.15) is 5.82 Å². The highest BCUT2D eigenvalue weighted by molar-refractivity contribution is 5.76. The molecule has 1 unspecified atom stereocenters. The van der Waals surface area contributed by atoms with Crippen LogP contribution in [0.2, 0.25) is 0 Å². The lowest BCUT2D eigenvalue weighted by atomic mass is 10.1. The van der Waals surface area contributed by atoms with Crippen LogP contribution in [-0.2, 0) is 7.05 Å². The van der Waals surface area contributed by atoms with Crippen LogP contribution >= 0.6 is 0 Å². The molecule has 1 aromatic heterocycles. The minimum absolute atomic E-state index is 0.469. The van der Waals surface area contributed by atoms with Crippen molar-refractivity contribution in [3.8, 4) is 0 Å². The normalized spacial score (nSPS) is 13.2. The van der Waals surface area contributed by atoms with Gasteiger partial charge in [0.25, 0.3) is 0 Å². The zero-order chi connectivity index (χ0) is 12.4. The second-order valence-corrected chi connectivity index (χ2v) is 4.85. The molecule has 0 aliphatic carbocycles. The molecule has 0 fully saturated rings. The lowest BCUT2D eigenvalue weighted by Crippen LogP contribution is -2.06. The van der Waals surface area contributed by atoms with E-state index in [9.17, 15) is 0 Å². The van der Waals surface area contributed by atoms with Gasteiger partial charge in [-0.25, -0.2) is 4.98 Å². The number of hydrogen-bond donors (Lipinski definition) is 1. The van der Waals surface area contributed by atoms with Crippen molar-refractivity contribution in [2.75, 3.05) is 6.54 Å². The first-order valence-electron chi connectivity index (χ1n) is 6.26. The average Bonchev–Trinajstić information content (AvgIpc) is 2.63. The largest absolute Gasteiger partial charge is 0.331 e. The number of nitrogens with two attached hydrogens (primary N) is 1. The van der Waals surface area contributed by atoms with E-state index < -0.39 is 0 Å². The van der Waals surface area contributed by atoms with E-state index in [2.05, 4.69) is 43.7 Å². The predicted molar refractivity (Wildman–Crippen MR) is 72.2 cm³/mol. The van der Waals surface area contributed by atoms with Gasteiger partial charge in [-0.3, -0.25) is 0 Å². The molecular formula is C14H21N3. The molecule has 2 rings (SSSR count). The van der Waals surface area contributed by atoms with Gasteiger partial charge in [0.05, 0.1) is 11.0 Å². The van der Waals surface area contributed by atoms with Gasteiger partial charge in [-0.2, -0.15) is 0 Å². The molecular weight excluding hydrogens is 210 g/mol. The summed E-state index contributed by atoms with van der Waals surface area (Å²) in [6, 6.07) is 6.43. The number of fused-ring (bicyclic) bond motifs is 1. The fourth-order valence-electron chi connectivity index (χ4n) is 2.32. The minimum Gasteiger partial charge on any atom is -0.331 e. The first-order valence-corrected chi connectivity index (χ1v) is 6.26. The van der Waals surface area contributed by atoms with Crippen molar-refractivity contribution in [1.29, 1.82) is 0 Å². The highest BCUT2D eigenvalue weighted by Crippen LogP contribution is 2.24. The fourth-order valence-corrected chi connectivity index (χ4v) is 2.32. The van der Waals surface area contributed by atoms with Gasteiger partial charge in [-0.1, -0.05) is 13.0 Å². The van der Waals surface area contributed by atoms with Gasteiger partial charge in [-0.05, 0) is 44.0 Å². The van der Waals surface area contributed by atoms with Gasteiger partial charge in [0.2, 0.25) is 0 Å². The summed E-state index contributed by atoms with van der Waals surface area (Å²) < 4.78 is 2.20. The molecule has 0 amide bonds. The molecule has 0 aliphatic heterocycles. The van der Waals surface area contributed by atoms with Crippen LogP contribution in [0.15, 0.2) is 18.2 Å². The van der Waals surface area contributed by atoms with E-state index in [1.165, 1.54) is 16.9 Å². The summed E-state index contributed by atoms with van der Waals surface area (Å²) in [6.07, 6.45) is 2.16. The Kier molecular flexibility index (Phi) is 3.48. The number of rotatable bonds is 4. The number of nitrogens with zero attached hydrogens (tertiary/aromatic N) is 2. The van der Waals surface area contributed by atoms with Crippen LogP contribution in [0.1, 0.15) is 37.1 Å². The van der Waals surface area contributed by atoms with E-state index in [1.807, 2.05) is 0 Å². The molecule has 17 heavy (non-hydrogen) atoms. The van der Waals surface area contributed by atoms with Crippen molar-refractivity contribution in [3.05, 3.63) is 29.6 Å². The number of aryl methyl sites for hydroxylation is 2. The van der Waals surface area contributed by atoms with Gasteiger partial charge >= 0.3 is 0 Å². The molecule has 92 valence electrons. The van der Waals surface area contributed by atoms with E-state index >= 15 is 0 Å². The Balaban J connectivity index is 2.37. The zero-order valence-corrected chi connectivity index (χ0v) is 10.9. The third kappa shape index (κ3) is 2.34. The molecule has 3 nitrogen and oxygen atoms in total. The average molecular weight is 231 g/mol. The standard InChI is InChI=1S/C14H21N3/c1-10-6-7-13-12(9-10)16-14(17(13)3)11(2)5-4-8-15/h6-7,9,11H,4-5,8,15H2,1-3H3. The Labute approximate surface area is 103 Å². The summed E-state index contributed by atoms with van der Waals surface area (Å²) in [7, 11) is 2.10.